The average molecular weight is 567 g/mol. The zero-order valence-corrected chi connectivity index (χ0v) is 21.5. The molecule has 0 saturated carbocycles. The summed E-state index contributed by atoms with van der Waals surface area (Å²) in [4.78, 5) is 83.6. The van der Waals surface area contributed by atoms with Crippen LogP contribution in [0.5, 0.6) is 5.75 Å². The van der Waals surface area contributed by atoms with Crippen LogP contribution in [-0.4, -0.2) is 81.0 Å². The molecule has 0 aliphatic heterocycles. The first kappa shape index (κ1) is 33.3. The van der Waals surface area contributed by atoms with Crippen molar-refractivity contribution in [2.75, 3.05) is 0 Å². The molecule has 5 amide bonds. The fourth-order valence-corrected chi connectivity index (χ4v) is 3.41. The molecule has 0 radical (unpaired) electrons. The van der Waals surface area contributed by atoms with Gasteiger partial charge in [-0.05, 0) is 37.0 Å². The number of phenols is 1. The van der Waals surface area contributed by atoms with E-state index in [0.717, 1.165) is 0 Å². The molecule has 4 unspecified atom stereocenters. The Bertz CT molecular complexity index is 1090. The molecule has 4 atom stereocenters. The van der Waals surface area contributed by atoms with Crippen LogP contribution in [0.25, 0.3) is 0 Å². The fourth-order valence-electron chi connectivity index (χ4n) is 3.41. The van der Waals surface area contributed by atoms with Gasteiger partial charge < -0.3 is 48.5 Å². The molecular formula is C24H34N6O10. The monoisotopic (exact) mass is 566 g/mol. The topological polar surface area (TPSA) is 294 Å². The Balaban J connectivity index is 3.07. The maximum Gasteiger partial charge on any atom is 0.326 e. The Kier molecular flexibility index (Phi) is 13.6. The standard InChI is InChI=1S/C24H34N6O10/c25-14(5-8-18(26)32)21(36)28-15(6-9-19(27)33)22(37)29-16(7-10-20(34)35)23(38)30-17(24(39)40)11-12-1-3-13(31)4-2-12/h1-4,14-17,31H,5-11,25H2,(H2,26,32)(H2,27,33)(H,28,36)(H,29,37)(H,30,38)(H,34,35)(H,39,40). The second-order valence-corrected chi connectivity index (χ2v) is 8.94. The Morgan fingerprint density at radius 2 is 1.12 bits per heavy atom. The minimum atomic E-state index is -1.54. The first-order valence-corrected chi connectivity index (χ1v) is 12.1. The van der Waals surface area contributed by atoms with Crippen molar-refractivity contribution in [3.05, 3.63) is 29.8 Å². The number of amides is 5. The molecule has 16 heteroatoms. The molecule has 0 bridgehead atoms. The van der Waals surface area contributed by atoms with Gasteiger partial charge in [0.05, 0.1) is 6.04 Å². The van der Waals surface area contributed by atoms with Gasteiger partial charge in [0.1, 0.15) is 23.9 Å². The molecule has 0 fully saturated rings. The highest BCUT2D eigenvalue weighted by molar-refractivity contribution is 5.94. The van der Waals surface area contributed by atoms with Crippen molar-refractivity contribution >= 4 is 41.5 Å². The van der Waals surface area contributed by atoms with Crippen LogP contribution < -0.4 is 33.2 Å². The Hall–Kier alpha value is -4.73. The van der Waals surface area contributed by atoms with Gasteiger partial charge in [-0.2, -0.15) is 0 Å². The van der Waals surface area contributed by atoms with Gasteiger partial charge in [0.15, 0.2) is 0 Å². The van der Waals surface area contributed by atoms with Crippen LogP contribution in [-0.2, 0) is 40.0 Å². The molecule has 1 aromatic carbocycles. The molecule has 40 heavy (non-hydrogen) atoms. The SMILES string of the molecule is NC(=O)CCC(N)C(=O)NC(CCC(N)=O)C(=O)NC(CCC(=O)O)C(=O)NC(Cc1ccc(O)cc1)C(=O)O. The van der Waals surface area contributed by atoms with Crippen molar-refractivity contribution in [3.8, 4) is 5.75 Å². The van der Waals surface area contributed by atoms with E-state index in [4.69, 9.17) is 22.3 Å². The van der Waals surface area contributed by atoms with Gasteiger partial charge in [0, 0.05) is 25.7 Å². The smallest absolute Gasteiger partial charge is 0.326 e. The summed E-state index contributed by atoms with van der Waals surface area (Å²) >= 11 is 0. The van der Waals surface area contributed by atoms with Gasteiger partial charge in [-0.15, -0.1) is 0 Å². The van der Waals surface area contributed by atoms with Crippen LogP contribution in [0.1, 0.15) is 44.1 Å². The van der Waals surface area contributed by atoms with Crippen LogP contribution in [0.15, 0.2) is 24.3 Å². The van der Waals surface area contributed by atoms with Crippen molar-refractivity contribution < 1.29 is 48.9 Å². The quantitative estimate of drug-likeness (QED) is 0.0873. The number of hydrogen-bond donors (Lipinski definition) is 9. The van der Waals surface area contributed by atoms with Gasteiger partial charge in [-0.25, -0.2) is 4.79 Å². The van der Waals surface area contributed by atoms with Crippen LogP contribution in [0.4, 0.5) is 0 Å². The summed E-state index contributed by atoms with van der Waals surface area (Å²) in [5, 5.41) is 34.9. The lowest BCUT2D eigenvalue weighted by Crippen LogP contribution is -2.57. The van der Waals surface area contributed by atoms with Gasteiger partial charge in [-0.1, -0.05) is 12.1 Å². The summed E-state index contributed by atoms with van der Waals surface area (Å²) in [6, 6.07) is -0.149. The number of carboxylic acid groups (broad SMARTS) is 2. The molecule has 16 nitrogen and oxygen atoms in total. The number of phenolic OH excluding ortho intramolecular Hbond substituents is 1. The number of primary amides is 2. The molecular weight excluding hydrogens is 532 g/mol. The van der Waals surface area contributed by atoms with Crippen molar-refractivity contribution in [2.45, 2.75) is 69.1 Å². The number of carbonyl (C=O) groups is 7. The Labute approximate surface area is 228 Å². The molecule has 0 aliphatic carbocycles. The number of nitrogens with two attached hydrogens (primary N) is 3. The van der Waals surface area contributed by atoms with Crippen molar-refractivity contribution in [3.63, 3.8) is 0 Å². The van der Waals surface area contributed by atoms with E-state index in [2.05, 4.69) is 16.0 Å². The lowest BCUT2D eigenvalue weighted by Gasteiger charge is -2.25. The summed E-state index contributed by atoms with van der Waals surface area (Å²) < 4.78 is 0. The second-order valence-electron chi connectivity index (χ2n) is 8.94. The van der Waals surface area contributed by atoms with Crippen molar-refractivity contribution in [1.29, 1.82) is 0 Å². The summed E-state index contributed by atoms with van der Waals surface area (Å²) in [6.07, 6.45) is -2.21. The van der Waals surface area contributed by atoms with E-state index < -0.39 is 78.5 Å². The summed E-state index contributed by atoms with van der Waals surface area (Å²) in [5.41, 5.74) is 16.3. The normalized spacial score (nSPS) is 13.6. The molecule has 0 heterocycles. The number of nitrogens with one attached hydrogen (secondary N) is 3. The van der Waals surface area contributed by atoms with Crippen LogP contribution in [0.3, 0.4) is 0 Å². The molecule has 0 aromatic heterocycles. The van der Waals surface area contributed by atoms with E-state index in [1.54, 1.807) is 0 Å². The number of aliphatic carboxylic acids is 2. The predicted octanol–water partition coefficient (Wildman–Crippen LogP) is -2.80. The van der Waals surface area contributed by atoms with Gasteiger partial charge in [0.2, 0.25) is 29.5 Å². The first-order valence-electron chi connectivity index (χ1n) is 12.1. The highest BCUT2D eigenvalue weighted by atomic mass is 16.4. The van der Waals surface area contributed by atoms with Crippen LogP contribution in [0, 0.1) is 0 Å². The lowest BCUT2D eigenvalue weighted by molar-refractivity contribution is -0.143. The minimum Gasteiger partial charge on any atom is -0.508 e. The molecule has 12 N–H and O–H groups in total. The number of aromatic hydroxyl groups is 1. The number of carboxylic acids is 2. The van der Waals surface area contributed by atoms with Gasteiger partial charge >= 0.3 is 11.9 Å². The van der Waals surface area contributed by atoms with Crippen molar-refractivity contribution in [2.24, 2.45) is 17.2 Å². The molecule has 1 rings (SSSR count). The van der Waals surface area contributed by atoms with Crippen LogP contribution >= 0.6 is 0 Å². The van der Waals surface area contributed by atoms with Gasteiger partial charge in [-0.3, -0.25) is 28.8 Å². The zero-order chi connectivity index (χ0) is 30.4. The number of benzene rings is 1. The highest BCUT2D eigenvalue weighted by Gasteiger charge is 2.31. The van der Waals surface area contributed by atoms with E-state index in [0.29, 0.717) is 5.56 Å². The summed E-state index contributed by atoms with van der Waals surface area (Å²) in [7, 11) is 0. The number of hydrogen-bond acceptors (Lipinski definition) is 9. The zero-order valence-electron chi connectivity index (χ0n) is 21.5. The number of rotatable bonds is 18. The highest BCUT2D eigenvalue weighted by Crippen LogP contribution is 2.12. The maximum absolute atomic E-state index is 13.0. The Morgan fingerprint density at radius 1 is 0.675 bits per heavy atom. The molecule has 220 valence electrons. The Morgan fingerprint density at radius 3 is 1.60 bits per heavy atom. The average Bonchev–Trinajstić information content (AvgIpc) is 2.87. The van der Waals surface area contributed by atoms with E-state index >= 15 is 0 Å². The second kappa shape index (κ2) is 16.3. The summed E-state index contributed by atoms with van der Waals surface area (Å²) in [5.74, 6) is -7.15. The van der Waals surface area contributed by atoms with Gasteiger partial charge in [0.25, 0.3) is 0 Å². The number of carbonyl (C=O) groups excluding carboxylic acids is 5. The molecule has 0 spiro atoms. The third-order valence-electron chi connectivity index (χ3n) is 5.62. The predicted molar refractivity (Wildman–Crippen MR) is 137 cm³/mol. The fraction of sp³-hybridized carbons (Fsp3) is 0.458. The first-order chi connectivity index (χ1) is 18.7. The van der Waals surface area contributed by atoms with E-state index in [1.165, 1.54) is 24.3 Å². The third-order valence-corrected chi connectivity index (χ3v) is 5.62. The molecule has 1 aromatic rings. The lowest BCUT2D eigenvalue weighted by atomic mass is 10.0. The maximum atomic E-state index is 13.0. The van der Waals surface area contributed by atoms with E-state index in [-0.39, 0.29) is 37.9 Å². The van der Waals surface area contributed by atoms with E-state index in [1.807, 2.05) is 0 Å². The molecule has 0 aliphatic rings. The van der Waals surface area contributed by atoms with E-state index in [9.17, 15) is 43.8 Å². The minimum absolute atomic E-state index is 0.0529. The molecule has 0 saturated heterocycles. The summed E-state index contributed by atoms with van der Waals surface area (Å²) in [6.45, 7) is 0. The largest absolute Gasteiger partial charge is 0.508 e. The van der Waals surface area contributed by atoms with Crippen molar-refractivity contribution in [1.82, 2.24) is 16.0 Å². The third kappa shape index (κ3) is 12.7. The van der Waals surface area contributed by atoms with Crippen LogP contribution in [0.2, 0.25) is 0 Å².